The largest absolute Gasteiger partial charge is 0.479 e. The smallest absolute Gasteiger partial charge is 0.413 e. The number of carbonyl (C=O) groups is 2. The van der Waals surface area contributed by atoms with Gasteiger partial charge >= 0.3 is 12.1 Å². The minimum absolute atomic E-state index is 0.0620. The van der Waals surface area contributed by atoms with E-state index >= 15 is 0 Å². The third-order valence-corrected chi connectivity index (χ3v) is 2.38. The molecule has 0 saturated heterocycles. The van der Waals surface area contributed by atoms with Gasteiger partial charge in [0.25, 0.3) is 0 Å². The van der Waals surface area contributed by atoms with Gasteiger partial charge in [-0.25, -0.2) is 19.6 Å². The molecule has 8 heteroatoms. The van der Waals surface area contributed by atoms with Crippen molar-refractivity contribution in [3.8, 4) is 0 Å². The maximum absolute atomic E-state index is 11.3. The van der Waals surface area contributed by atoms with E-state index in [4.69, 9.17) is 4.74 Å². The Morgan fingerprint density at radius 1 is 1.39 bits per heavy atom. The fourth-order valence-electron chi connectivity index (χ4n) is 1.52. The first-order chi connectivity index (χ1) is 8.43. The van der Waals surface area contributed by atoms with Crippen molar-refractivity contribution >= 4 is 17.7 Å². The first-order valence-corrected chi connectivity index (χ1v) is 4.94. The standard InChI is InChI=1S/C10H13N3O5/c1-10(5-18-2,8(14)15)13(9(16)17)7-3-11-6-12-4-7/h3-4,6H,5H2,1-2H3,(H,14,15)(H,16,17). The number of aromatic nitrogens is 2. The third kappa shape index (κ3) is 2.54. The van der Waals surface area contributed by atoms with Gasteiger partial charge in [0.1, 0.15) is 6.33 Å². The predicted molar refractivity (Wildman–Crippen MR) is 60.5 cm³/mol. The van der Waals surface area contributed by atoms with E-state index in [0.717, 1.165) is 0 Å². The molecule has 1 unspecified atom stereocenters. The van der Waals surface area contributed by atoms with E-state index in [1.807, 2.05) is 0 Å². The highest BCUT2D eigenvalue weighted by Gasteiger charge is 2.44. The number of methoxy groups -OCH3 is 1. The molecular formula is C10H13N3O5. The zero-order chi connectivity index (χ0) is 13.8. The number of carboxylic acid groups (broad SMARTS) is 2. The molecule has 98 valence electrons. The van der Waals surface area contributed by atoms with Crippen molar-refractivity contribution in [2.24, 2.45) is 0 Å². The van der Waals surface area contributed by atoms with Crippen molar-refractivity contribution < 1.29 is 24.5 Å². The third-order valence-electron chi connectivity index (χ3n) is 2.38. The summed E-state index contributed by atoms with van der Waals surface area (Å²) in [4.78, 5) is 30.6. The van der Waals surface area contributed by atoms with Crippen LogP contribution in [0.3, 0.4) is 0 Å². The highest BCUT2D eigenvalue weighted by Crippen LogP contribution is 2.24. The van der Waals surface area contributed by atoms with Gasteiger partial charge in [0.15, 0.2) is 5.54 Å². The lowest BCUT2D eigenvalue weighted by atomic mass is 10.0. The normalized spacial score (nSPS) is 13.7. The molecule has 0 aliphatic heterocycles. The van der Waals surface area contributed by atoms with E-state index in [2.05, 4.69) is 9.97 Å². The van der Waals surface area contributed by atoms with Crippen molar-refractivity contribution in [2.45, 2.75) is 12.5 Å². The molecular weight excluding hydrogens is 242 g/mol. The Hall–Kier alpha value is -2.22. The van der Waals surface area contributed by atoms with E-state index in [9.17, 15) is 19.8 Å². The van der Waals surface area contributed by atoms with E-state index in [1.165, 1.54) is 32.8 Å². The quantitative estimate of drug-likeness (QED) is 0.785. The highest BCUT2D eigenvalue weighted by molar-refractivity contribution is 5.96. The van der Waals surface area contributed by atoms with Crippen LogP contribution in [0, 0.1) is 0 Å². The summed E-state index contributed by atoms with van der Waals surface area (Å²) in [7, 11) is 1.29. The van der Waals surface area contributed by atoms with Crippen molar-refractivity contribution in [2.75, 3.05) is 18.6 Å². The van der Waals surface area contributed by atoms with Gasteiger partial charge in [-0.2, -0.15) is 0 Å². The van der Waals surface area contributed by atoms with Gasteiger partial charge in [0.2, 0.25) is 0 Å². The first kappa shape index (κ1) is 13.8. The summed E-state index contributed by atoms with van der Waals surface area (Å²) in [5.74, 6) is -1.32. The van der Waals surface area contributed by atoms with Crippen molar-refractivity contribution in [3.05, 3.63) is 18.7 Å². The molecule has 0 radical (unpaired) electrons. The van der Waals surface area contributed by atoms with Crippen LogP contribution in [0.1, 0.15) is 6.92 Å². The maximum Gasteiger partial charge on any atom is 0.413 e. The zero-order valence-corrected chi connectivity index (χ0v) is 9.90. The Balaban J connectivity index is 3.27. The van der Waals surface area contributed by atoms with Crippen molar-refractivity contribution in [3.63, 3.8) is 0 Å². The molecule has 1 atom stereocenters. The van der Waals surface area contributed by atoms with Crippen LogP contribution in [0.15, 0.2) is 18.7 Å². The fraction of sp³-hybridized carbons (Fsp3) is 0.400. The molecule has 18 heavy (non-hydrogen) atoms. The van der Waals surface area contributed by atoms with Crippen LogP contribution in [0.5, 0.6) is 0 Å². The van der Waals surface area contributed by atoms with Crippen LogP contribution in [-0.4, -0.2) is 51.5 Å². The van der Waals surface area contributed by atoms with Gasteiger partial charge in [-0.3, -0.25) is 4.90 Å². The second-order valence-electron chi connectivity index (χ2n) is 3.73. The number of rotatable bonds is 5. The molecule has 0 spiro atoms. The Kier molecular flexibility index (Phi) is 4.16. The van der Waals surface area contributed by atoms with E-state index in [-0.39, 0.29) is 12.3 Å². The van der Waals surface area contributed by atoms with E-state index in [1.54, 1.807) is 0 Å². The summed E-state index contributed by atoms with van der Waals surface area (Å²) in [6.07, 6.45) is 2.24. The monoisotopic (exact) mass is 255 g/mol. The van der Waals surface area contributed by atoms with Gasteiger partial charge < -0.3 is 14.9 Å². The first-order valence-electron chi connectivity index (χ1n) is 4.94. The second-order valence-corrected chi connectivity index (χ2v) is 3.73. The lowest BCUT2D eigenvalue weighted by Crippen LogP contribution is -2.58. The van der Waals surface area contributed by atoms with Crippen molar-refractivity contribution in [1.29, 1.82) is 0 Å². The number of nitrogens with zero attached hydrogens (tertiary/aromatic N) is 3. The van der Waals surface area contributed by atoms with Crippen LogP contribution in [0.2, 0.25) is 0 Å². The van der Waals surface area contributed by atoms with Gasteiger partial charge in [-0.1, -0.05) is 0 Å². The Morgan fingerprint density at radius 2 is 1.94 bits per heavy atom. The van der Waals surface area contributed by atoms with Gasteiger partial charge in [-0.15, -0.1) is 0 Å². The Bertz CT molecular complexity index is 438. The molecule has 0 aliphatic rings. The molecule has 0 fully saturated rings. The number of carboxylic acids is 1. The summed E-state index contributed by atoms with van der Waals surface area (Å²) in [6.45, 7) is 0.948. The molecule has 0 saturated carbocycles. The van der Waals surface area contributed by atoms with Crippen LogP contribution in [0.4, 0.5) is 10.5 Å². The highest BCUT2D eigenvalue weighted by atomic mass is 16.5. The second kappa shape index (κ2) is 5.41. The SMILES string of the molecule is COCC(C)(C(=O)O)N(C(=O)O)c1cncnc1. The minimum atomic E-state index is -1.76. The lowest BCUT2D eigenvalue weighted by molar-refractivity contribution is -0.144. The van der Waals surface area contributed by atoms with Gasteiger partial charge in [0.05, 0.1) is 24.7 Å². The molecule has 1 aromatic rings. The van der Waals surface area contributed by atoms with Crippen LogP contribution in [-0.2, 0) is 9.53 Å². The maximum atomic E-state index is 11.3. The van der Waals surface area contributed by atoms with Crippen molar-refractivity contribution in [1.82, 2.24) is 9.97 Å². The number of anilines is 1. The number of ether oxygens (including phenoxy) is 1. The molecule has 1 amide bonds. The Labute approximate surface area is 103 Å². The Morgan fingerprint density at radius 3 is 2.33 bits per heavy atom. The lowest BCUT2D eigenvalue weighted by Gasteiger charge is -2.34. The summed E-state index contributed by atoms with van der Waals surface area (Å²) >= 11 is 0. The van der Waals surface area contributed by atoms with Crippen LogP contribution >= 0.6 is 0 Å². The number of hydrogen-bond acceptors (Lipinski definition) is 5. The fourth-order valence-corrected chi connectivity index (χ4v) is 1.52. The van der Waals surface area contributed by atoms with E-state index in [0.29, 0.717) is 4.90 Å². The number of hydrogen-bond donors (Lipinski definition) is 2. The molecule has 1 heterocycles. The average Bonchev–Trinajstić information content (AvgIpc) is 2.30. The van der Waals surface area contributed by atoms with E-state index < -0.39 is 17.6 Å². The summed E-state index contributed by atoms with van der Waals surface area (Å²) in [5, 5.41) is 18.4. The van der Waals surface area contributed by atoms with Crippen LogP contribution < -0.4 is 4.90 Å². The predicted octanol–water partition coefficient (Wildman–Crippen LogP) is 0.451. The molecule has 0 aliphatic carbocycles. The molecule has 0 aromatic carbocycles. The number of amides is 1. The van der Waals surface area contributed by atoms with Crippen LogP contribution in [0.25, 0.3) is 0 Å². The summed E-state index contributed by atoms with van der Waals surface area (Å²) < 4.78 is 4.79. The zero-order valence-electron chi connectivity index (χ0n) is 9.90. The molecule has 1 rings (SSSR count). The minimum Gasteiger partial charge on any atom is -0.479 e. The average molecular weight is 255 g/mol. The topological polar surface area (TPSA) is 113 Å². The molecule has 8 nitrogen and oxygen atoms in total. The van der Waals surface area contributed by atoms with Gasteiger partial charge in [0, 0.05) is 7.11 Å². The van der Waals surface area contributed by atoms with Gasteiger partial charge in [-0.05, 0) is 6.92 Å². The number of aliphatic carboxylic acids is 1. The summed E-state index contributed by atoms with van der Waals surface area (Å²) in [5.41, 5.74) is -1.70. The molecule has 1 aromatic heterocycles. The molecule has 0 bridgehead atoms. The molecule has 2 N–H and O–H groups in total. The summed E-state index contributed by atoms with van der Waals surface area (Å²) in [6, 6.07) is 0.